The van der Waals surface area contributed by atoms with Gasteiger partial charge < -0.3 is 31.3 Å². The Morgan fingerprint density at radius 3 is 2.15 bits per heavy atom. The smallest absolute Gasteiger partial charge is 0.255 e. The average Bonchev–Trinajstić information content (AvgIpc) is 3.07. The number of nitrogens with one attached hydrogen (secondary N) is 5. The van der Waals surface area contributed by atoms with Crippen molar-refractivity contribution < 1.29 is 28.7 Å². The Morgan fingerprint density at radius 2 is 1.46 bits per heavy atom. The number of amides is 5. The molecule has 0 aromatic heterocycles. The van der Waals surface area contributed by atoms with Crippen molar-refractivity contribution in [3.8, 4) is 5.75 Å². The Morgan fingerprint density at radius 1 is 0.812 bits per heavy atom. The minimum absolute atomic E-state index is 0.0385. The summed E-state index contributed by atoms with van der Waals surface area (Å²) < 4.78 is 5.94. The van der Waals surface area contributed by atoms with Crippen molar-refractivity contribution in [1.29, 1.82) is 0 Å². The molecular formula is C37H45N5O6. The third kappa shape index (κ3) is 10.7. The molecule has 5 amide bonds. The number of hydrogen-bond donors (Lipinski definition) is 5. The van der Waals surface area contributed by atoms with Crippen LogP contribution in [0.3, 0.4) is 0 Å². The molecule has 48 heavy (non-hydrogen) atoms. The SMILES string of the molecule is CC(C)[C@H]1NC(=O)[C@H](Cc2ccccc2)NC(=O)C[C@@H](C(=O)NCCCc2ccccc2)NC(=O)c2ccccc2OC[C@H](C)NC1=O. The second-order valence-electron chi connectivity index (χ2n) is 12.4. The molecule has 0 radical (unpaired) electrons. The highest BCUT2D eigenvalue weighted by Crippen LogP contribution is 2.19. The highest BCUT2D eigenvalue weighted by atomic mass is 16.5. The lowest BCUT2D eigenvalue weighted by Gasteiger charge is -2.27. The number of para-hydroxylation sites is 1. The monoisotopic (exact) mass is 655 g/mol. The number of aryl methyl sites for hydroxylation is 1. The predicted octanol–water partition coefficient (Wildman–Crippen LogP) is 2.69. The maximum absolute atomic E-state index is 13.7. The summed E-state index contributed by atoms with van der Waals surface area (Å²) in [6, 6.07) is 21.9. The molecule has 0 saturated carbocycles. The van der Waals surface area contributed by atoms with Crippen LogP contribution in [-0.4, -0.2) is 66.9 Å². The van der Waals surface area contributed by atoms with Crippen molar-refractivity contribution in [2.75, 3.05) is 13.2 Å². The Labute approximate surface area is 281 Å². The van der Waals surface area contributed by atoms with E-state index >= 15 is 0 Å². The molecule has 3 aromatic carbocycles. The van der Waals surface area contributed by atoms with E-state index in [2.05, 4.69) is 26.6 Å². The molecule has 1 aliphatic heterocycles. The first-order valence-electron chi connectivity index (χ1n) is 16.4. The van der Waals surface area contributed by atoms with Gasteiger partial charge in [-0.15, -0.1) is 0 Å². The molecule has 0 fully saturated rings. The molecular weight excluding hydrogens is 610 g/mol. The lowest BCUT2D eigenvalue weighted by Crippen LogP contribution is -2.57. The highest BCUT2D eigenvalue weighted by molar-refractivity contribution is 6.01. The molecule has 254 valence electrons. The minimum atomic E-state index is -1.25. The number of hydrogen-bond acceptors (Lipinski definition) is 6. The fourth-order valence-electron chi connectivity index (χ4n) is 5.37. The van der Waals surface area contributed by atoms with Crippen LogP contribution in [0.25, 0.3) is 0 Å². The minimum Gasteiger partial charge on any atom is -0.491 e. The normalized spacial score (nSPS) is 21.0. The molecule has 0 saturated heterocycles. The van der Waals surface area contributed by atoms with E-state index in [1.807, 2.05) is 74.5 Å². The van der Waals surface area contributed by atoms with Crippen LogP contribution in [-0.2, 0) is 32.0 Å². The maximum Gasteiger partial charge on any atom is 0.255 e. The largest absolute Gasteiger partial charge is 0.491 e. The average molecular weight is 656 g/mol. The van der Waals surface area contributed by atoms with Crippen LogP contribution in [0, 0.1) is 5.92 Å². The number of fused-ring (bicyclic) bond motifs is 1. The van der Waals surface area contributed by atoms with Crippen LogP contribution in [0.15, 0.2) is 84.9 Å². The van der Waals surface area contributed by atoms with Crippen LogP contribution < -0.4 is 31.3 Å². The summed E-state index contributed by atoms with van der Waals surface area (Å²) in [4.78, 5) is 67.6. The first-order chi connectivity index (χ1) is 23.1. The molecule has 5 N–H and O–H groups in total. The van der Waals surface area contributed by atoms with E-state index in [1.54, 1.807) is 31.2 Å². The lowest BCUT2D eigenvalue weighted by atomic mass is 10.0. The van der Waals surface area contributed by atoms with E-state index in [0.717, 1.165) is 17.5 Å². The molecule has 0 aliphatic carbocycles. The lowest BCUT2D eigenvalue weighted by molar-refractivity contribution is -0.133. The molecule has 1 aliphatic rings. The van der Waals surface area contributed by atoms with Crippen molar-refractivity contribution in [3.63, 3.8) is 0 Å². The zero-order chi connectivity index (χ0) is 34.5. The Hall–Kier alpha value is -5.19. The maximum atomic E-state index is 13.7. The van der Waals surface area contributed by atoms with Gasteiger partial charge in [-0.2, -0.15) is 0 Å². The molecule has 11 nitrogen and oxygen atoms in total. The van der Waals surface area contributed by atoms with Gasteiger partial charge in [0.25, 0.3) is 5.91 Å². The first kappa shape index (κ1) is 35.7. The van der Waals surface area contributed by atoms with Crippen molar-refractivity contribution in [3.05, 3.63) is 102 Å². The van der Waals surface area contributed by atoms with Crippen molar-refractivity contribution in [2.24, 2.45) is 5.92 Å². The Balaban J connectivity index is 1.60. The topological polar surface area (TPSA) is 155 Å². The number of rotatable bonds is 8. The van der Waals surface area contributed by atoms with Gasteiger partial charge in [-0.3, -0.25) is 24.0 Å². The summed E-state index contributed by atoms with van der Waals surface area (Å²) in [5, 5.41) is 14.0. The third-order valence-corrected chi connectivity index (χ3v) is 7.99. The van der Waals surface area contributed by atoms with Crippen molar-refractivity contribution in [2.45, 2.75) is 70.6 Å². The quantitative estimate of drug-likeness (QED) is 0.235. The zero-order valence-electron chi connectivity index (χ0n) is 27.7. The molecule has 0 bridgehead atoms. The van der Waals surface area contributed by atoms with Gasteiger partial charge in [0.15, 0.2) is 0 Å². The van der Waals surface area contributed by atoms with E-state index in [1.165, 1.54) is 0 Å². The second-order valence-corrected chi connectivity index (χ2v) is 12.4. The van der Waals surface area contributed by atoms with Gasteiger partial charge in [-0.25, -0.2) is 0 Å². The van der Waals surface area contributed by atoms with Gasteiger partial charge in [0.1, 0.15) is 30.5 Å². The molecule has 1 heterocycles. The first-order valence-corrected chi connectivity index (χ1v) is 16.4. The number of carbonyl (C=O) groups is 5. The van der Waals surface area contributed by atoms with Gasteiger partial charge in [-0.05, 0) is 48.9 Å². The summed E-state index contributed by atoms with van der Waals surface area (Å²) in [5.74, 6) is -2.73. The summed E-state index contributed by atoms with van der Waals surface area (Å²) in [6.45, 7) is 5.75. The van der Waals surface area contributed by atoms with E-state index in [-0.39, 0.29) is 30.3 Å². The molecule has 4 rings (SSSR count). The van der Waals surface area contributed by atoms with Crippen LogP contribution in [0.1, 0.15) is 55.1 Å². The fraction of sp³-hybridized carbons (Fsp3) is 0.378. The Bertz CT molecular complexity index is 1550. The van der Waals surface area contributed by atoms with E-state index < -0.39 is 60.1 Å². The Kier molecular flexibility index (Phi) is 13.1. The number of carbonyl (C=O) groups excluding carboxylic acids is 5. The predicted molar refractivity (Wildman–Crippen MR) is 182 cm³/mol. The van der Waals surface area contributed by atoms with E-state index in [4.69, 9.17) is 4.74 Å². The van der Waals surface area contributed by atoms with Gasteiger partial charge in [0.2, 0.25) is 23.6 Å². The molecule has 3 aromatic rings. The van der Waals surface area contributed by atoms with Gasteiger partial charge in [0, 0.05) is 13.0 Å². The summed E-state index contributed by atoms with van der Waals surface area (Å²) in [5.41, 5.74) is 2.09. The molecule has 0 unspecified atom stereocenters. The van der Waals surface area contributed by atoms with Crippen LogP contribution in [0.2, 0.25) is 0 Å². The number of benzene rings is 3. The van der Waals surface area contributed by atoms with E-state index in [0.29, 0.717) is 13.0 Å². The molecule has 4 atom stereocenters. The highest BCUT2D eigenvalue weighted by Gasteiger charge is 2.32. The van der Waals surface area contributed by atoms with Gasteiger partial charge in [-0.1, -0.05) is 86.6 Å². The molecule has 0 spiro atoms. The summed E-state index contributed by atoms with van der Waals surface area (Å²) >= 11 is 0. The standard InChI is InChI=1S/C37H45N5O6/c1-24(2)33-37(47)39-25(3)23-48-31-19-11-10-18-28(31)34(44)41-30(35(45)38-20-12-17-26-13-6-4-7-14-26)22-32(43)40-29(36(46)42-33)21-27-15-8-5-9-16-27/h4-11,13-16,18-19,24-25,29-30,33H,12,17,20-23H2,1-3H3,(H,38,45)(H,39,47)(H,40,43)(H,41,44)(H,42,46)/t25-,29-,30-,33+/m0/s1. The zero-order valence-corrected chi connectivity index (χ0v) is 27.7. The van der Waals surface area contributed by atoms with Crippen molar-refractivity contribution >= 4 is 29.5 Å². The number of ether oxygens (including phenoxy) is 1. The van der Waals surface area contributed by atoms with Gasteiger partial charge in [0.05, 0.1) is 18.0 Å². The van der Waals surface area contributed by atoms with Crippen molar-refractivity contribution in [1.82, 2.24) is 26.6 Å². The van der Waals surface area contributed by atoms with E-state index in [9.17, 15) is 24.0 Å². The van der Waals surface area contributed by atoms with Gasteiger partial charge >= 0.3 is 0 Å². The fourth-order valence-corrected chi connectivity index (χ4v) is 5.37. The van der Waals surface area contributed by atoms with Crippen LogP contribution in [0.5, 0.6) is 5.75 Å². The van der Waals surface area contributed by atoms with Crippen LogP contribution >= 0.6 is 0 Å². The summed E-state index contributed by atoms with van der Waals surface area (Å²) in [6.07, 6.45) is 1.11. The van der Waals surface area contributed by atoms with Crippen LogP contribution in [0.4, 0.5) is 0 Å². The molecule has 11 heteroatoms. The summed E-state index contributed by atoms with van der Waals surface area (Å²) in [7, 11) is 0. The third-order valence-electron chi connectivity index (χ3n) is 7.99. The second kappa shape index (κ2) is 17.7.